The Balaban J connectivity index is 2.19. The normalized spacial score (nSPS) is 11.8. The molecule has 0 amide bonds. The van der Waals surface area contributed by atoms with Gasteiger partial charge in [0.15, 0.2) is 0 Å². The molecule has 0 unspecified atom stereocenters. The molecule has 8 nitrogen and oxygen atoms in total. The second kappa shape index (κ2) is 6.24. The number of hydrogen-bond acceptors (Lipinski definition) is 5. The molecule has 0 aliphatic heterocycles. The maximum atomic E-state index is 12.4. The van der Waals surface area contributed by atoms with Gasteiger partial charge in [0.05, 0.1) is 22.1 Å². The maximum Gasteiger partial charge on any atom is 0.269 e. The van der Waals surface area contributed by atoms with Crippen LogP contribution in [-0.4, -0.2) is 34.5 Å². The fraction of sp³-hybridized carbons (Fsp3) is 0.308. The summed E-state index contributed by atoms with van der Waals surface area (Å²) in [5, 5.41) is 14.8. The summed E-state index contributed by atoms with van der Waals surface area (Å²) in [6, 6.07) is 6.56. The number of non-ortho nitro benzene ring substituents is 1. The summed E-state index contributed by atoms with van der Waals surface area (Å²) in [6.07, 6.45) is 1.78. The van der Waals surface area contributed by atoms with Crippen LogP contribution < -0.4 is 0 Å². The summed E-state index contributed by atoms with van der Waals surface area (Å²) in [5.41, 5.74) is 0.484. The molecule has 0 N–H and O–H groups in total. The van der Waals surface area contributed by atoms with Gasteiger partial charge in [-0.15, -0.1) is 0 Å². The molecule has 9 heteroatoms. The first-order valence-electron chi connectivity index (χ1n) is 6.57. The third kappa shape index (κ3) is 3.31. The number of nitrogens with zero attached hydrogens (tertiary/aromatic N) is 4. The van der Waals surface area contributed by atoms with Crippen molar-refractivity contribution in [2.24, 2.45) is 0 Å². The fourth-order valence-electron chi connectivity index (χ4n) is 1.90. The van der Waals surface area contributed by atoms with Crippen molar-refractivity contribution in [2.75, 3.05) is 7.05 Å². The molecule has 0 aliphatic rings. The molecule has 0 spiro atoms. The summed E-state index contributed by atoms with van der Waals surface area (Å²) >= 11 is 0. The highest BCUT2D eigenvalue weighted by Gasteiger charge is 2.22. The minimum atomic E-state index is -3.72. The molecule has 0 saturated carbocycles. The highest BCUT2D eigenvalue weighted by molar-refractivity contribution is 7.89. The summed E-state index contributed by atoms with van der Waals surface area (Å²) in [4.78, 5) is 10.0. The molecule has 1 heterocycles. The van der Waals surface area contributed by atoms with Crippen molar-refractivity contribution < 1.29 is 13.3 Å². The number of hydrogen-bond donors (Lipinski definition) is 0. The van der Waals surface area contributed by atoms with Crippen LogP contribution in [0.5, 0.6) is 0 Å². The molecule has 1 aromatic heterocycles. The lowest BCUT2D eigenvalue weighted by Crippen LogP contribution is -2.26. The van der Waals surface area contributed by atoms with Gasteiger partial charge in [0.1, 0.15) is 0 Å². The number of sulfonamides is 1. The average molecular weight is 324 g/mol. The van der Waals surface area contributed by atoms with Crippen LogP contribution in [0, 0.1) is 10.1 Å². The van der Waals surface area contributed by atoms with Crippen LogP contribution in [0.1, 0.15) is 12.6 Å². The van der Waals surface area contributed by atoms with E-state index in [2.05, 4.69) is 5.10 Å². The fourth-order valence-corrected chi connectivity index (χ4v) is 3.04. The van der Waals surface area contributed by atoms with E-state index in [0.29, 0.717) is 12.2 Å². The number of nitro groups is 1. The van der Waals surface area contributed by atoms with Crippen LogP contribution >= 0.6 is 0 Å². The number of rotatable bonds is 6. The predicted octanol–water partition coefficient (Wildman–Crippen LogP) is 1.63. The van der Waals surface area contributed by atoms with Gasteiger partial charge < -0.3 is 0 Å². The molecule has 0 fully saturated rings. The lowest BCUT2D eigenvalue weighted by Gasteiger charge is -2.15. The van der Waals surface area contributed by atoms with Crippen LogP contribution in [0.2, 0.25) is 0 Å². The van der Waals surface area contributed by atoms with E-state index in [0.717, 1.165) is 4.31 Å². The van der Waals surface area contributed by atoms with Gasteiger partial charge in [0.2, 0.25) is 10.0 Å². The topological polar surface area (TPSA) is 98.3 Å². The van der Waals surface area contributed by atoms with E-state index in [1.54, 1.807) is 16.9 Å². The Morgan fingerprint density at radius 2 is 1.91 bits per heavy atom. The average Bonchev–Trinajstić information content (AvgIpc) is 2.95. The highest BCUT2D eigenvalue weighted by Crippen LogP contribution is 2.19. The summed E-state index contributed by atoms with van der Waals surface area (Å²) in [5.74, 6) is 0. The van der Waals surface area contributed by atoms with Crippen LogP contribution in [0.25, 0.3) is 0 Å². The Hall–Kier alpha value is -2.26. The van der Waals surface area contributed by atoms with Crippen molar-refractivity contribution in [3.05, 3.63) is 52.3 Å². The highest BCUT2D eigenvalue weighted by atomic mass is 32.2. The molecule has 0 saturated heterocycles. The molecule has 2 rings (SSSR count). The molecular weight excluding hydrogens is 308 g/mol. The van der Waals surface area contributed by atoms with Gasteiger partial charge in [-0.25, -0.2) is 8.42 Å². The smallest absolute Gasteiger partial charge is 0.269 e. The zero-order valence-electron chi connectivity index (χ0n) is 12.2. The van der Waals surface area contributed by atoms with Gasteiger partial charge >= 0.3 is 0 Å². The van der Waals surface area contributed by atoms with Gasteiger partial charge in [-0.2, -0.15) is 9.40 Å². The molecule has 0 bridgehead atoms. The maximum absolute atomic E-state index is 12.4. The van der Waals surface area contributed by atoms with Crippen molar-refractivity contribution in [1.29, 1.82) is 0 Å². The molecule has 2 aromatic rings. The van der Waals surface area contributed by atoms with Crippen LogP contribution in [0.3, 0.4) is 0 Å². The zero-order chi connectivity index (χ0) is 16.3. The molecule has 1 aromatic carbocycles. The van der Waals surface area contributed by atoms with Crippen molar-refractivity contribution in [3.8, 4) is 0 Å². The first-order valence-corrected chi connectivity index (χ1v) is 8.01. The van der Waals surface area contributed by atoms with E-state index in [1.807, 2.05) is 6.92 Å². The van der Waals surface area contributed by atoms with Crippen LogP contribution in [0.15, 0.2) is 41.4 Å². The second-order valence-corrected chi connectivity index (χ2v) is 6.72. The molecule has 0 atom stereocenters. The lowest BCUT2D eigenvalue weighted by molar-refractivity contribution is -0.384. The molecule has 0 aliphatic carbocycles. The van der Waals surface area contributed by atoms with Crippen molar-refractivity contribution >= 4 is 15.7 Å². The van der Waals surface area contributed by atoms with E-state index in [1.165, 1.54) is 31.3 Å². The first-order chi connectivity index (χ1) is 10.3. The van der Waals surface area contributed by atoms with E-state index >= 15 is 0 Å². The van der Waals surface area contributed by atoms with Gasteiger partial charge in [0.25, 0.3) is 5.69 Å². The standard InChI is InChI=1S/C13H16N4O4S/c1-3-16-9-8-11(14-16)10-15(2)22(20,21)13-6-4-12(5-7-13)17(18)19/h4-9H,3,10H2,1-2H3. The largest absolute Gasteiger partial charge is 0.273 e. The Labute approximate surface area is 128 Å². The van der Waals surface area contributed by atoms with Gasteiger partial charge in [-0.3, -0.25) is 14.8 Å². The van der Waals surface area contributed by atoms with Crippen molar-refractivity contribution in [2.45, 2.75) is 24.9 Å². The number of aromatic nitrogens is 2. The summed E-state index contributed by atoms with van der Waals surface area (Å²) < 4.78 is 27.7. The minimum absolute atomic E-state index is 0.00974. The SMILES string of the molecule is CCn1ccc(CN(C)S(=O)(=O)c2ccc([N+](=O)[O-])cc2)n1. The summed E-state index contributed by atoms with van der Waals surface area (Å²) in [6.45, 7) is 2.78. The Morgan fingerprint density at radius 3 is 2.41 bits per heavy atom. The van der Waals surface area contributed by atoms with Crippen LogP contribution in [0.4, 0.5) is 5.69 Å². The van der Waals surface area contributed by atoms with E-state index in [9.17, 15) is 18.5 Å². The van der Waals surface area contributed by atoms with Crippen molar-refractivity contribution in [3.63, 3.8) is 0 Å². The van der Waals surface area contributed by atoms with E-state index in [-0.39, 0.29) is 17.1 Å². The predicted molar refractivity (Wildman–Crippen MR) is 79.7 cm³/mol. The van der Waals surface area contributed by atoms with Gasteiger partial charge in [0, 0.05) is 31.9 Å². The quantitative estimate of drug-likeness (QED) is 0.594. The number of nitro benzene ring substituents is 1. The third-order valence-electron chi connectivity index (χ3n) is 3.16. The second-order valence-electron chi connectivity index (χ2n) is 4.67. The zero-order valence-corrected chi connectivity index (χ0v) is 13.0. The Kier molecular flexibility index (Phi) is 4.57. The van der Waals surface area contributed by atoms with Crippen molar-refractivity contribution in [1.82, 2.24) is 14.1 Å². The first kappa shape index (κ1) is 16.1. The molecular formula is C13H16N4O4S. The van der Waals surface area contributed by atoms with E-state index in [4.69, 9.17) is 0 Å². The minimum Gasteiger partial charge on any atom is -0.273 e. The van der Waals surface area contributed by atoms with Gasteiger partial charge in [-0.05, 0) is 25.1 Å². The van der Waals surface area contributed by atoms with E-state index < -0.39 is 14.9 Å². The van der Waals surface area contributed by atoms with Crippen LogP contribution in [-0.2, 0) is 23.1 Å². The molecule has 22 heavy (non-hydrogen) atoms. The molecule has 118 valence electrons. The molecule has 0 radical (unpaired) electrons. The number of aryl methyl sites for hydroxylation is 1. The number of benzene rings is 1. The van der Waals surface area contributed by atoms with Gasteiger partial charge in [-0.1, -0.05) is 0 Å². The monoisotopic (exact) mass is 324 g/mol. The Morgan fingerprint density at radius 1 is 1.27 bits per heavy atom. The Bertz CT molecular complexity index is 768. The summed E-state index contributed by atoms with van der Waals surface area (Å²) in [7, 11) is -2.27. The lowest BCUT2D eigenvalue weighted by atomic mass is 10.3. The third-order valence-corrected chi connectivity index (χ3v) is 4.98.